The summed E-state index contributed by atoms with van der Waals surface area (Å²) in [5.74, 6) is 0.800. The Hall–Kier alpha value is -4.33. The number of benzene rings is 2. The molecule has 0 saturated carbocycles. The lowest BCUT2D eigenvalue weighted by Gasteiger charge is -2.06. The maximum absolute atomic E-state index is 12.8. The maximum atomic E-state index is 12.8. The highest BCUT2D eigenvalue weighted by Gasteiger charge is 2.15. The minimum Gasteiger partial charge on any atom is -0.355 e. The third-order valence-corrected chi connectivity index (χ3v) is 4.87. The van der Waals surface area contributed by atoms with Gasteiger partial charge in [-0.05, 0) is 38.1 Å². The summed E-state index contributed by atoms with van der Waals surface area (Å²) in [7, 11) is 0. The fourth-order valence-electron chi connectivity index (χ4n) is 3.41. The molecule has 0 bridgehead atoms. The minimum atomic E-state index is -0.274. The largest absolute Gasteiger partial charge is 0.355 e. The van der Waals surface area contributed by atoms with Gasteiger partial charge in [0.1, 0.15) is 5.52 Å². The van der Waals surface area contributed by atoms with E-state index in [1.807, 2.05) is 50.2 Å². The van der Waals surface area contributed by atoms with Gasteiger partial charge in [0, 0.05) is 16.8 Å². The number of hydrogen-bond acceptors (Lipinski definition) is 6. The van der Waals surface area contributed by atoms with Crippen molar-refractivity contribution in [2.45, 2.75) is 13.8 Å². The van der Waals surface area contributed by atoms with Crippen LogP contribution in [0.5, 0.6) is 0 Å². The van der Waals surface area contributed by atoms with E-state index in [-0.39, 0.29) is 5.91 Å². The predicted octanol–water partition coefficient (Wildman–Crippen LogP) is 4.34. The number of hydrogen-bond donors (Lipinski definition) is 1. The number of carbonyl (C=O) groups excluding carboxylic acids is 1. The number of nitrogens with zero attached hydrogens (tertiary/aromatic N) is 5. The molecule has 0 saturated heterocycles. The molecule has 1 N–H and O–H groups in total. The van der Waals surface area contributed by atoms with Crippen LogP contribution in [0, 0.1) is 13.8 Å². The molecule has 8 nitrogen and oxygen atoms in total. The van der Waals surface area contributed by atoms with Crippen LogP contribution < -0.4 is 5.32 Å². The maximum Gasteiger partial charge on any atom is 0.255 e. The average Bonchev–Trinajstić information content (AvgIpc) is 3.36. The molecule has 0 fully saturated rings. The van der Waals surface area contributed by atoms with E-state index in [1.54, 1.807) is 35.3 Å². The van der Waals surface area contributed by atoms with Gasteiger partial charge in [0.25, 0.3) is 11.9 Å². The summed E-state index contributed by atoms with van der Waals surface area (Å²) in [6, 6.07) is 16.9. The van der Waals surface area contributed by atoms with Crippen LogP contribution in [0.15, 0.2) is 71.5 Å². The molecule has 152 valence electrons. The molecule has 1 amide bonds. The molecule has 0 radical (unpaired) electrons. The number of aryl methyl sites for hydroxylation is 2. The smallest absolute Gasteiger partial charge is 0.255 e. The van der Waals surface area contributed by atoms with Gasteiger partial charge in [0.2, 0.25) is 0 Å². The van der Waals surface area contributed by atoms with E-state index >= 15 is 0 Å². The van der Waals surface area contributed by atoms with Crippen molar-refractivity contribution in [2.24, 2.45) is 0 Å². The molecule has 0 spiro atoms. The zero-order chi connectivity index (χ0) is 21.4. The molecule has 5 rings (SSSR count). The summed E-state index contributed by atoms with van der Waals surface area (Å²) in [5.41, 5.74) is 4.38. The number of anilines is 1. The molecule has 0 aliphatic heterocycles. The van der Waals surface area contributed by atoms with Crippen LogP contribution >= 0.6 is 0 Å². The van der Waals surface area contributed by atoms with Crippen molar-refractivity contribution in [3.8, 4) is 17.3 Å². The minimum absolute atomic E-state index is 0.274. The SMILES string of the molecule is Cc1cc(C)n(-c2ncc(NC(=O)c3ccc4noc(-c5ccccc5)c4c3)cn2)n1. The zero-order valence-corrected chi connectivity index (χ0v) is 16.9. The molecule has 3 heterocycles. The van der Waals surface area contributed by atoms with Crippen LogP contribution in [0.2, 0.25) is 0 Å². The number of aromatic nitrogens is 5. The highest BCUT2D eigenvalue weighted by atomic mass is 16.5. The fourth-order valence-corrected chi connectivity index (χ4v) is 3.41. The van der Waals surface area contributed by atoms with Crippen molar-refractivity contribution in [1.29, 1.82) is 0 Å². The topological polar surface area (TPSA) is 98.7 Å². The van der Waals surface area contributed by atoms with Gasteiger partial charge in [0.05, 0.1) is 29.2 Å². The van der Waals surface area contributed by atoms with Crippen molar-refractivity contribution >= 4 is 22.5 Å². The van der Waals surface area contributed by atoms with Crippen LogP contribution in [0.25, 0.3) is 28.2 Å². The van der Waals surface area contributed by atoms with Crippen molar-refractivity contribution < 1.29 is 9.32 Å². The van der Waals surface area contributed by atoms with E-state index in [0.717, 1.165) is 22.3 Å². The van der Waals surface area contributed by atoms with E-state index in [9.17, 15) is 4.79 Å². The Morgan fingerprint density at radius 2 is 1.77 bits per heavy atom. The van der Waals surface area contributed by atoms with Crippen molar-refractivity contribution in [3.63, 3.8) is 0 Å². The summed E-state index contributed by atoms with van der Waals surface area (Å²) in [6.07, 6.45) is 3.12. The summed E-state index contributed by atoms with van der Waals surface area (Å²) in [6.45, 7) is 3.84. The molecule has 0 aliphatic carbocycles. The van der Waals surface area contributed by atoms with Gasteiger partial charge in [-0.15, -0.1) is 0 Å². The molecule has 8 heteroatoms. The average molecular weight is 410 g/mol. The molecular weight excluding hydrogens is 392 g/mol. The molecular formula is C23H18N6O2. The molecule has 31 heavy (non-hydrogen) atoms. The normalized spacial score (nSPS) is 11.0. The second-order valence-corrected chi connectivity index (χ2v) is 7.17. The van der Waals surface area contributed by atoms with Gasteiger partial charge in [-0.2, -0.15) is 5.10 Å². The Balaban J connectivity index is 1.40. The summed E-state index contributed by atoms with van der Waals surface area (Å²) >= 11 is 0. The first kappa shape index (κ1) is 18.7. The van der Waals surface area contributed by atoms with Gasteiger partial charge < -0.3 is 9.84 Å². The van der Waals surface area contributed by atoms with E-state index in [0.29, 0.717) is 28.5 Å². The van der Waals surface area contributed by atoms with E-state index in [4.69, 9.17) is 4.52 Å². The lowest BCUT2D eigenvalue weighted by molar-refractivity contribution is 0.102. The van der Waals surface area contributed by atoms with Crippen LogP contribution in [-0.2, 0) is 0 Å². The van der Waals surface area contributed by atoms with Crippen molar-refractivity contribution in [2.75, 3.05) is 5.32 Å². The van der Waals surface area contributed by atoms with E-state index in [1.165, 1.54) is 0 Å². The third kappa shape index (κ3) is 3.55. The lowest BCUT2D eigenvalue weighted by Crippen LogP contribution is -2.13. The van der Waals surface area contributed by atoms with Gasteiger partial charge in [0.15, 0.2) is 5.76 Å². The number of amides is 1. The first-order valence-corrected chi connectivity index (χ1v) is 9.70. The second-order valence-electron chi connectivity index (χ2n) is 7.17. The molecule has 0 unspecified atom stereocenters. The Kier molecular flexibility index (Phi) is 4.51. The number of rotatable bonds is 4. The van der Waals surface area contributed by atoms with Crippen LogP contribution in [0.4, 0.5) is 5.69 Å². The Morgan fingerprint density at radius 1 is 1.00 bits per heavy atom. The van der Waals surface area contributed by atoms with Gasteiger partial charge in [-0.25, -0.2) is 14.6 Å². The third-order valence-electron chi connectivity index (χ3n) is 4.87. The highest BCUT2D eigenvalue weighted by molar-refractivity contribution is 6.07. The molecule has 3 aromatic heterocycles. The Bertz CT molecular complexity index is 1390. The first-order valence-electron chi connectivity index (χ1n) is 9.70. The quantitative estimate of drug-likeness (QED) is 0.473. The molecule has 0 atom stereocenters. The summed E-state index contributed by atoms with van der Waals surface area (Å²) < 4.78 is 7.17. The van der Waals surface area contributed by atoms with Gasteiger partial charge in [-0.1, -0.05) is 35.5 Å². The van der Waals surface area contributed by atoms with Crippen LogP contribution in [-0.4, -0.2) is 30.8 Å². The lowest BCUT2D eigenvalue weighted by atomic mass is 10.1. The second kappa shape index (κ2) is 7.49. The van der Waals surface area contributed by atoms with Crippen LogP contribution in [0.1, 0.15) is 21.7 Å². The number of nitrogens with one attached hydrogen (secondary N) is 1. The fraction of sp³-hybridized carbons (Fsp3) is 0.0870. The molecule has 0 aliphatic rings. The monoisotopic (exact) mass is 410 g/mol. The van der Waals surface area contributed by atoms with Crippen LogP contribution in [0.3, 0.4) is 0 Å². The van der Waals surface area contributed by atoms with Crippen molar-refractivity contribution in [3.05, 3.63) is 83.9 Å². The summed E-state index contributed by atoms with van der Waals surface area (Å²) in [4.78, 5) is 21.4. The standard InChI is InChI=1S/C23H18N6O2/c1-14-10-15(2)29(27-14)23-24-12-18(13-25-23)26-22(30)17-8-9-20-19(11-17)21(31-28-20)16-6-4-3-5-7-16/h3-13H,1-2H3,(H,26,30). The van der Waals surface area contributed by atoms with Gasteiger partial charge in [-0.3, -0.25) is 4.79 Å². The Morgan fingerprint density at radius 3 is 2.48 bits per heavy atom. The molecule has 2 aromatic carbocycles. The van der Waals surface area contributed by atoms with Gasteiger partial charge >= 0.3 is 0 Å². The zero-order valence-electron chi connectivity index (χ0n) is 16.9. The Labute approximate surface area is 177 Å². The highest BCUT2D eigenvalue weighted by Crippen LogP contribution is 2.29. The van der Waals surface area contributed by atoms with Crippen molar-refractivity contribution in [1.82, 2.24) is 24.9 Å². The molecule has 5 aromatic rings. The van der Waals surface area contributed by atoms with E-state index < -0.39 is 0 Å². The first-order chi connectivity index (χ1) is 15.1. The van der Waals surface area contributed by atoms with E-state index in [2.05, 4.69) is 25.5 Å². The predicted molar refractivity (Wildman–Crippen MR) is 116 cm³/mol. The summed E-state index contributed by atoms with van der Waals surface area (Å²) in [5, 5.41) is 12.1. The number of fused-ring (bicyclic) bond motifs is 1. The number of carbonyl (C=O) groups is 1.